The van der Waals surface area contributed by atoms with Gasteiger partial charge in [0.2, 0.25) is 0 Å². The molecule has 3 atom stereocenters. The highest BCUT2D eigenvalue weighted by Gasteiger charge is 2.21. The van der Waals surface area contributed by atoms with E-state index in [4.69, 9.17) is 9.47 Å². The van der Waals surface area contributed by atoms with Crippen molar-refractivity contribution in [2.24, 2.45) is 5.92 Å². The molecule has 4 nitrogen and oxygen atoms in total. The van der Waals surface area contributed by atoms with Gasteiger partial charge in [-0.25, -0.2) is 0 Å². The van der Waals surface area contributed by atoms with Crippen LogP contribution in [0.3, 0.4) is 0 Å². The summed E-state index contributed by atoms with van der Waals surface area (Å²) in [6.45, 7) is 8.07. The van der Waals surface area contributed by atoms with Crippen molar-refractivity contribution in [2.75, 3.05) is 13.7 Å². The molecule has 0 aromatic heterocycles. The Morgan fingerprint density at radius 3 is 2.46 bits per heavy atom. The maximum Gasteiger partial charge on any atom is 0.118 e. The van der Waals surface area contributed by atoms with Crippen molar-refractivity contribution in [1.29, 1.82) is 0 Å². The van der Waals surface area contributed by atoms with Gasteiger partial charge >= 0.3 is 0 Å². The van der Waals surface area contributed by atoms with Gasteiger partial charge in [-0.1, -0.05) is 53.2 Å². The zero-order valence-corrected chi connectivity index (χ0v) is 16.1. The van der Waals surface area contributed by atoms with E-state index in [0.717, 1.165) is 16.9 Å². The van der Waals surface area contributed by atoms with Gasteiger partial charge in [-0.15, -0.1) is 0 Å². The number of rotatable bonds is 10. The minimum atomic E-state index is -0.684. The predicted octanol–water partition coefficient (Wildman–Crippen LogP) is 3.81. The van der Waals surface area contributed by atoms with Crippen molar-refractivity contribution in [3.63, 3.8) is 0 Å². The standard InChI is InChI=1S/C19H27BrO4/c1-13(11-21)9-14(2)19(10-18(22)15(3)20)24-12-16-5-7-17(23-4)8-6-16/h5-9,14,18-19,21-22H,3,10-12H2,1-2,4H3/b13-9+/t14-,18+,19+/m1/s1. The van der Waals surface area contributed by atoms with Crippen LogP contribution in [0.1, 0.15) is 25.8 Å². The van der Waals surface area contributed by atoms with Crippen LogP contribution in [-0.4, -0.2) is 36.1 Å². The topological polar surface area (TPSA) is 58.9 Å². The normalized spacial score (nSPS) is 15.7. The summed E-state index contributed by atoms with van der Waals surface area (Å²) in [5.74, 6) is 0.855. The molecule has 1 aromatic rings. The SMILES string of the molecule is C=C(Br)[C@@H](O)C[C@H](OCc1ccc(OC)cc1)[C@H](C)/C=C(\C)CO. The smallest absolute Gasteiger partial charge is 0.118 e. The Kier molecular flexibility index (Phi) is 9.29. The first-order valence-electron chi connectivity index (χ1n) is 7.92. The van der Waals surface area contributed by atoms with Crippen LogP contribution in [0.5, 0.6) is 5.75 Å². The van der Waals surface area contributed by atoms with Crippen LogP contribution in [0.2, 0.25) is 0 Å². The van der Waals surface area contributed by atoms with Crippen molar-refractivity contribution in [3.8, 4) is 5.75 Å². The third kappa shape index (κ3) is 7.18. The molecule has 0 amide bonds. The first-order valence-corrected chi connectivity index (χ1v) is 8.71. The Balaban J connectivity index is 2.77. The molecular weight excluding hydrogens is 372 g/mol. The zero-order chi connectivity index (χ0) is 18.1. The number of hydrogen-bond donors (Lipinski definition) is 2. The molecule has 0 saturated carbocycles. The van der Waals surface area contributed by atoms with Crippen molar-refractivity contribution in [1.82, 2.24) is 0 Å². The third-order valence-electron chi connectivity index (χ3n) is 3.82. The summed E-state index contributed by atoms with van der Waals surface area (Å²) < 4.78 is 11.7. The summed E-state index contributed by atoms with van der Waals surface area (Å²) in [7, 11) is 1.63. The first-order chi connectivity index (χ1) is 11.4. The fraction of sp³-hybridized carbons (Fsp3) is 0.474. The summed E-state index contributed by atoms with van der Waals surface area (Å²) >= 11 is 3.22. The van der Waals surface area contributed by atoms with Crippen LogP contribution in [0.4, 0.5) is 0 Å². The molecule has 2 N–H and O–H groups in total. The highest BCUT2D eigenvalue weighted by atomic mass is 79.9. The molecule has 0 spiro atoms. The van der Waals surface area contributed by atoms with E-state index < -0.39 is 6.10 Å². The van der Waals surface area contributed by atoms with Crippen LogP contribution >= 0.6 is 15.9 Å². The maximum atomic E-state index is 10.1. The molecule has 1 rings (SSSR count). The lowest BCUT2D eigenvalue weighted by Gasteiger charge is -2.25. The van der Waals surface area contributed by atoms with E-state index in [2.05, 4.69) is 22.5 Å². The van der Waals surface area contributed by atoms with E-state index in [1.165, 1.54) is 0 Å². The fourth-order valence-electron chi connectivity index (χ4n) is 2.32. The van der Waals surface area contributed by atoms with Gasteiger partial charge in [-0.2, -0.15) is 0 Å². The number of ether oxygens (including phenoxy) is 2. The van der Waals surface area contributed by atoms with Gasteiger partial charge < -0.3 is 19.7 Å². The Labute approximate surface area is 152 Å². The monoisotopic (exact) mass is 398 g/mol. The second kappa shape index (κ2) is 10.7. The largest absolute Gasteiger partial charge is 0.497 e. The molecule has 24 heavy (non-hydrogen) atoms. The minimum absolute atomic E-state index is 0.0171. The van der Waals surface area contributed by atoms with Gasteiger partial charge in [0.15, 0.2) is 0 Å². The molecular formula is C19H27BrO4. The molecule has 0 bridgehead atoms. The Hall–Kier alpha value is -1.14. The van der Waals surface area contributed by atoms with E-state index >= 15 is 0 Å². The van der Waals surface area contributed by atoms with E-state index in [0.29, 0.717) is 17.5 Å². The number of benzene rings is 1. The molecule has 0 radical (unpaired) electrons. The number of aliphatic hydroxyl groups excluding tert-OH is 2. The highest BCUT2D eigenvalue weighted by Crippen LogP contribution is 2.23. The van der Waals surface area contributed by atoms with E-state index in [1.807, 2.05) is 44.2 Å². The third-order valence-corrected chi connectivity index (χ3v) is 4.35. The van der Waals surface area contributed by atoms with Crippen molar-refractivity contribution >= 4 is 15.9 Å². The molecule has 0 fully saturated rings. The van der Waals surface area contributed by atoms with Gasteiger partial charge in [0.1, 0.15) is 5.75 Å². The lowest BCUT2D eigenvalue weighted by Crippen LogP contribution is -2.26. The summed E-state index contributed by atoms with van der Waals surface area (Å²) in [5, 5.41) is 19.3. The summed E-state index contributed by atoms with van der Waals surface area (Å²) in [5.41, 5.74) is 1.91. The maximum absolute atomic E-state index is 10.1. The second-order valence-electron chi connectivity index (χ2n) is 5.93. The Morgan fingerprint density at radius 2 is 1.96 bits per heavy atom. The van der Waals surface area contributed by atoms with Gasteiger partial charge in [0.25, 0.3) is 0 Å². The van der Waals surface area contributed by atoms with Crippen LogP contribution in [0, 0.1) is 5.92 Å². The lowest BCUT2D eigenvalue weighted by molar-refractivity contribution is -0.00783. The van der Waals surface area contributed by atoms with Gasteiger partial charge in [-0.3, -0.25) is 0 Å². The fourth-order valence-corrected chi connectivity index (χ4v) is 2.50. The molecule has 0 heterocycles. The van der Waals surface area contributed by atoms with E-state index in [9.17, 15) is 10.2 Å². The first kappa shape index (κ1) is 20.9. The van der Waals surface area contributed by atoms with Gasteiger partial charge in [-0.05, 0) is 24.6 Å². The molecule has 5 heteroatoms. The molecule has 0 aliphatic rings. The molecule has 0 saturated heterocycles. The molecule has 0 aliphatic heterocycles. The van der Waals surface area contributed by atoms with Gasteiger partial charge in [0.05, 0.1) is 32.5 Å². The predicted molar refractivity (Wildman–Crippen MR) is 100 cm³/mol. The molecule has 134 valence electrons. The Bertz CT molecular complexity index is 539. The van der Waals surface area contributed by atoms with Gasteiger partial charge in [0, 0.05) is 16.8 Å². The molecule has 0 aliphatic carbocycles. The zero-order valence-electron chi connectivity index (χ0n) is 14.5. The van der Waals surface area contributed by atoms with Crippen LogP contribution in [0.15, 0.2) is 47.0 Å². The van der Waals surface area contributed by atoms with Crippen molar-refractivity contribution in [3.05, 3.63) is 52.5 Å². The van der Waals surface area contributed by atoms with Crippen molar-refractivity contribution < 1.29 is 19.7 Å². The number of halogens is 1. The summed E-state index contributed by atoms with van der Waals surface area (Å²) in [6.07, 6.45) is 1.52. The number of methoxy groups -OCH3 is 1. The highest BCUT2D eigenvalue weighted by molar-refractivity contribution is 9.11. The quantitative estimate of drug-likeness (QED) is 0.588. The average molecular weight is 399 g/mol. The Morgan fingerprint density at radius 1 is 1.33 bits per heavy atom. The number of aliphatic hydroxyl groups is 2. The second-order valence-corrected chi connectivity index (χ2v) is 6.94. The minimum Gasteiger partial charge on any atom is -0.497 e. The number of hydrogen-bond acceptors (Lipinski definition) is 4. The lowest BCUT2D eigenvalue weighted by atomic mass is 9.96. The molecule has 1 aromatic carbocycles. The van der Waals surface area contributed by atoms with E-state index in [-0.39, 0.29) is 18.6 Å². The van der Waals surface area contributed by atoms with E-state index in [1.54, 1.807) is 7.11 Å². The van der Waals surface area contributed by atoms with Crippen molar-refractivity contribution in [2.45, 2.75) is 39.1 Å². The van der Waals surface area contributed by atoms with Crippen LogP contribution < -0.4 is 4.74 Å². The summed E-state index contributed by atoms with van der Waals surface area (Å²) in [4.78, 5) is 0. The van der Waals surface area contributed by atoms with Crippen LogP contribution in [-0.2, 0) is 11.3 Å². The molecule has 0 unspecified atom stereocenters. The van der Waals surface area contributed by atoms with Crippen LogP contribution in [0.25, 0.3) is 0 Å². The average Bonchev–Trinajstić information content (AvgIpc) is 2.58. The summed E-state index contributed by atoms with van der Waals surface area (Å²) in [6, 6.07) is 7.69.